The van der Waals surface area contributed by atoms with E-state index < -0.39 is 41.3 Å². The third-order valence-corrected chi connectivity index (χ3v) is 19.7. The molecule has 0 aliphatic carbocycles. The zero-order valence-corrected chi connectivity index (χ0v) is 54.1. The molecule has 4 atom stereocenters. The number of amides is 4. The molecule has 10 rings (SSSR count). The molecule has 3 aliphatic rings. The maximum Gasteiger partial charge on any atom is 0.355 e. The van der Waals surface area contributed by atoms with Crippen LogP contribution in [0.4, 0.5) is 26.3 Å². The van der Waals surface area contributed by atoms with Crippen molar-refractivity contribution >= 4 is 95.7 Å². The lowest BCUT2D eigenvalue weighted by Crippen LogP contribution is -2.57. The number of carbonyl (C=O) groups excluding carboxylic acids is 4. The van der Waals surface area contributed by atoms with Gasteiger partial charge in [-0.15, -0.1) is 32.9 Å². The number of likely N-dealkylation sites (tertiary alicyclic amines) is 1. The van der Waals surface area contributed by atoms with Crippen LogP contribution in [0, 0.1) is 36.9 Å². The van der Waals surface area contributed by atoms with Gasteiger partial charge in [0.2, 0.25) is 23.6 Å². The van der Waals surface area contributed by atoms with Crippen molar-refractivity contribution in [2.24, 2.45) is 5.41 Å². The van der Waals surface area contributed by atoms with Crippen LogP contribution in [0.2, 0.25) is 0 Å². The predicted molar refractivity (Wildman–Crippen MR) is 348 cm³/mol. The van der Waals surface area contributed by atoms with Gasteiger partial charge in [0.05, 0.1) is 51.6 Å². The number of carbonyl (C=O) groups is 5. The molecule has 7 heterocycles. The molecule has 3 aromatic carbocycles. The number of carboxylic acids is 1. The van der Waals surface area contributed by atoms with E-state index >= 15 is 4.39 Å². The summed E-state index contributed by atoms with van der Waals surface area (Å²) in [6, 6.07) is 18.3. The molecule has 0 bridgehead atoms. The predicted octanol–water partition coefficient (Wildman–Crippen LogP) is 10.2. The normalized spacial score (nSPS) is 16.7. The minimum Gasteiger partial charge on any atom is -0.491 e. The fourth-order valence-electron chi connectivity index (χ4n) is 11.5. The fourth-order valence-corrected chi connectivity index (χ4v) is 14.3. The lowest BCUT2D eigenvalue weighted by Gasteiger charge is -2.35. The minimum atomic E-state index is -1.13. The van der Waals surface area contributed by atoms with Gasteiger partial charge in [-0.25, -0.2) is 24.1 Å². The van der Waals surface area contributed by atoms with Crippen LogP contribution in [0.25, 0.3) is 20.7 Å². The van der Waals surface area contributed by atoms with Crippen LogP contribution in [0.5, 0.6) is 5.75 Å². The molecule has 0 saturated carbocycles. The highest BCUT2D eigenvalue weighted by Gasteiger charge is 2.45. The molecule has 2 saturated heterocycles. The second kappa shape index (κ2) is 29.3. The summed E-state index contributed by atoms with van der Waals surface area (Å²) in [5.41, 5.74) is 7.39. The SMILES string of the molecule is Cc1ncsc1-c1ccc([C@H](C)NC(=O)[C@@H]2C[C@@H](O)CN2C(=O)[C@@H](NC(=O)CCCCCCC(=O)N2CCN(CC#Cc3ccc(OCCCc4sc(N5CCCc6c5nnc(Nc5nc7ccccc7s5)c6C)nc4C(=O)O)c(F)c3)CC2)C(C)(C)C)cc1. The number of nitrogens with zero attached hydrogens (tertiary/aromatic N) is 9. The van der Waals surface area contributed by atoms with E-state index in [1.54, 1.807) is 34.8 Å². The van der Waals surface area contributed by atoms with Crippen LogP contribution in [-0.4, -0.2) is 150 Å². The van der Waals surface area contributed by atoms with E-state index in [-0.39, 0.29) is 61.2 Å². The van der Waals surface area contributed by atoms with Gasteiger partial charge in [-0.05, 0) is 106 Å². The molecule has 5 N–H and O–H groups in total. The molecule has 474 valence electrons. The third-order valence-electron chi connectivity index (χ3n) is 16.6. The lowest BCUT2D eigenvalue weighted by molar-refractivity contribution is -0.144. The van der Waals surface area contributed by atoms with Gasteiger partial charge >= 0.3 is 5.97 Å². The lowest BCUT2D eigenvalue weighted by atomic mass is 9.85. The molecular weight excluding hydrogens is 1200 g/mol. The van der Waals surface area contributed by atoms with Crippen molar-refractivity contribution in [2.75, 3.05) is 62.6 Å². The molecule has 24 heteroatoms. The molecule has 20 nitrogen and oxygen atoms in total. The number of β-amino-alcohol motifs (C(OH)–C–C–N with tert-alkyl or cyclic N) is 1. The summed E-state index contributed by atoms with van der Waals surface area (Å²) < 4.78 is 22.2. The second-order valence-corrected chi connectivity index (χ2v) is 27.2. The van der Waals surface area contributed by atoms with Crippen LogP contribution in [0.3, 0.4) is 0 Å². The van der Waals surface area contributed by atoms with Crippen molar-refractivity contribution in [3.8, 4) is 28.0 Å². The molecular formula is C66H77FN12O8S3. The van der Waals surface area contributed by atoms with Crippen molar-refractivity contribution in [3.05, 3.63) is 117 Å². The standard InChI is InChI=1S/C66H77FN12O8S3/c1-40-47-17-14-30-78(60(47)75-74-59(40)73-64-70-49-18-11-12-19-52(49)89-64)65-72-56(63(85)86)53(90-65)20-15-35-87-51-28-23-43(36-48(51)67)16-13-29-76-31-33-77(34-32-76)55(82)22-10-8-7-9-21-54(81)71-58(66(4,5)6)62(84)79-38-46(80)37-50(79)61(83)69-41(2)44-24-26-45(27-25-44)57-42(3)68-39-88-57/h11-12,18-19,23-28,36,39,41,46,50,58,80H,7-10,14-15,17,20-22,29-35,37-38H2,1-6H3,(H,69,83)(H,71,81)(H,85,86)(H,70,73,74)/t41-,46+,50-,58+/m0/s1. The van der Waals surface area contributed by atoms with Crippen molar-refractivity contribution in [1.82, 2.24) is 50.5 Å². The van der Waals surface area contributed by atoms with Gasteiger partial charge in [0.15, 0.2) is 39.2 Å². The Morgan fingerprint density at radius 1 is 0.889 bits per heavy atom. The highest BCUT2D eigenvalue weighted by atomic mass is 32.1. The fraction of sp³-hybridized carbons (Fsp3) is 0.455. The summed E-state index contributed by atoms with van der Waals surface area (Å²) in [4.78, 5) is 89.4. The largest absolute Gasteiger partial charge is 0.491 e. The first-order chi connectivity index (χ1) is 43.3. The Morgan fingerprint density at radius 2 is 1.66 bits per heavy atom. The first-order valence-electron chi connectivity index (χ1n) is 30.8. The number of anilines is 4. The van der Waals surface area contributed by atoms with Crippen LogP contribution >= 0.6 is 34.0 Å². The van der Waals surface area contributed by atoms with Gasteiger partial charge in [-0.2, -0.15) is 0 Å². The van der Waals surface area contributed by atoms with Crippen molar-refractivity contribution in [2.45, 2.75) is 136 Å². The summed E-state index contributed by atoms with van der Waals surface area (Å²) >= 11 is 4.41. The number of hydrogen-bond donors (Lipinski definition) is 5. The highest BCUT2D eigenvalue weighted by Crippen LogP contribution is 2.40. The number of unbranched alkanes of at least 4 members (excludes halogenated alkanes) is 3. The van der Waals surface area contributed by atoms with Gasteiger partial charge in [0.25, 0.3) is 0 Å². The maximum absolute atomic E-state index is 15.3. The van der Waals surface area contributed by atoms with Crippen molar-refractivity contribution in [3.63, 3.8) is 0 Å². The van der Waals surface area contributed by atoms with E-state index in [2.05, 4.69) is 57.8 Å². The van der Waals surface area contributed by atoms with E-state index in [0.29, 0.717) is 98.6 Å². The van der Waals surface area contributed by atoms with E-state index in [0.717, 1.165) is 73.9 Å². The number of carboxylic acid groups (broad SMARTS) is 1. The van der Waals surface area contributed by atoms with Crippen LogP contribution < -0.4 is 25.6 Å². The molecule has 0 spiro atoms. The molecule has 4 aromatic heterocycles. The van der Waals surface area contributed by atoms with Crippen molar-refractivity contribution in [1.29, 1.82) is 0 Å². The second-order valence-electron chi connectivity index (χ2n) is 24.3. The average molecular weight is 1280 g/mol. The first-order valence-corrected chi connectivity index (χ1v) is 33.3. The number of benzene rings is 3. The van der Waals surface area contributed by atoms with Gasteiger partial charge in [-0.3, -0.25) is 24.1 Å². The zero-order chi connectivity index (χ0) is 63.6. The van der Waals surface area contributed by atoms with E-state index in [1.165, 1.54) is 22.3 Å². The Balaban J connectivity index is 0.605. The number of para-hydroxylation sites is 1. The number of fused-ring (bicyclic) bond motifs is 2. The molecule has 2 fully saturated rings. The zero-order valence-electron chi connectivity index (χ0n) is 51.6. The number of rotatable bonds is 23. The number of aryl methyl sites for hydroxylation is 2. The Morgan fingerprint density at radius 3 is 2.38 bits per heavy atom. The van der Waals surface area contributed by atoms with Crippen molar-refractivity contribution < 1.29 is 43.3 Å². The van der Waals surface area contributed by atoms with Gasteiger partial charge < -0.3 is 45.6 Å². The minimum absolute atomic E-state index is 0.0108. The number of ether oxygens (including phenoxy) is 1. The monoisotopic (exact) mass is 1280 g/mol. The average Bonchev–Trinajstić information content (AvgIpc) is 1.66. The number of aromatic nitrogens is 5. The Bertz CT molecular complexity index is 3760. The molecule has 3 aliphatic heterocycles. The number of piperazine rings is 1. The van der Waals surface area contributed by atoms with E-state index in [4.69, 9.17) is 4.74 Å². The Kier molecular flexibility index (Phi) is 21.2. The van der Waals surface area contributed by atoms with Gasteiger partial charge in [0.1, 0.15) is 12.1 Å². The summed E-state index contributed by atoms with van der Waals surface area (Å²) in [7, 11) is 0. The number of aliphatic hydroxyl groups is 1. The number of halogens is 1. The number of thiazole rings is 3. The van der Waals surface area contributed by atoms with Gasteiger partial charge in [0, 0.05) is 80.1 Å². The number of aliphatic hydroxyl groups excluding tert-OH is 1. The first kappa shape index (κ1) is 65.0. The van der Waals surface area contributed by atoms with E-state index in [9.17, 15) is 34.2 Å². The Hall–Kier alpha value is -7.95. The molecule has 4 amide bonds. The summed E-state index contributed by atoms with van der Waals surface area (Å²) in [6.45, 7) is 15.1. The molecule has 0 unspecified atom stereocenters. The number of aromatic carboxylic acids is 1. The molecule has 7 aromatic rings. The Labute approximate surface area is 535 Å². The van der Waals surface area contributed by atoms with Gasteiger partial charge in [-0.1, -0.05) is 93.2 Å². The van der Waals surface area contributed by atoms with E-state index in [1.807, 2.05) is 105 Å². The number of hydrogen-bond acceptors (Lipinski definition) is 18. The maximum atomic E-state index is 15.3. The third kappa shape index (κ3) is 16.0. The highest BCUT2D eigenvalue weighted by molar-refractivity contribution is 7.22. The smallest absolute Gasteiger partial charge is 0.355 e. The molecule has 90 heavy (non-hydrogen) atoms. The topological polar surface area (TPSA) is 249 Å². The summed E-state index contributed by atoms with van der Waals surface area (Å²) in [5, 5.41) is 40.5. The molecule has 0 radical (unpaired) electrons. The quantitative estimate of drug-likeness (QED) is 0.0295. The van der Waals surface area contributed by atoms with Crippen LogP contribution in [-0.2, 0) is 32.0 Å². The summed E-state index contributed by atoms with van der Waals surface area (Å²) in [6.07, 6.45) is 5.02. The summed E-state index contributed by atoms with van der Waals surface area (Å²) in [5.74, 6) is 4.92. The van der Waals surface area contributed by atoms with Crippen LogP contribution in [0.1, 0.15) is 135 Å². The number of nitrogens with one attached hydrogen (secondary N) is 3. The van der Waals surface area contributed by atoms with Crippen LogP contribution in [0.15, 0.2) is 72.2 Å².